The first-order valence-corrected chi connectivity index (χ1v) is 8.94. The zero-order valence-electron chi connectivity index (χ0n) is 14.3. The highest BCUT2D eigenvalue weighted by molar-refractivity contribution is 7.09. The molecule has 0 saturated heterocycles. The minimum atomic E-state index is -0.0851. The molecule has 2 rings (SSSR count). The molecular weight excluding hydrogens is 322 g/mol. The number of nitrogens with one attached hydrogen (secondary N) is 1. The summed E-state index contributed by atoms with van der Waals surface area (Å²) < 4.78 is 0. The van der Waals surface area contributed by atoms with Crippen LogP contribution in [0.4, 0.5) is 5.69 Å². The highest BCUT2D eigenvalue weighted by Crippen LogP contribution is 2.14. The number of aryl methyl sites for hydroxylation is 1. The fraction of sp³-hybridized carbons (Fsp3) is 0.389. The standard InChI is InChI=1S/C18H23N3O2S/c1-4-5-6-18-20-17(12-24-18)11-23-21-13(2)15-7-9-16(10-8-15)19-14(3)22/h7-10,12H,4-6,11H2,1-3H3,(H,19,22)/b21-13+. The second kappa shape index (κ2) is 9.17. The third-order valence-electron chi connectivity index (χ3n) is 3.38. The van der Waals surface area contributed by atoms with Gasteiger partial charge in [-0.25, -0.2) is 4.98 Å². The van der Waals surface area contributed by atoms with Crippen LogP contribution in [0.25, 0.3) is 0 Å². The van der Waals surface area contributed by atoms with Crippen molar-refractivity contribution in [2.75, 3.05) is 5.32 Å². The number of thiazole rings is 1. The summed E-state index contributed by atoms with van der Waals surface area (Å²) in [5.41, 5.74) is 3.42. The lowest BCUT2D eigenvalue weighted by molar-refractivity contribution is -0.114. The van der Waals surface area contributed by atoms with Gasteiger partial charge in [-0.2, -0.15) is 0 Å². The highest BCUT2D eigenvalue weighted by atomic mass is 32.1. The Kier molecular flexibility index (Phi) is 6.93. The Morgan fingerprint density at radius 2 is 2.04 bits per heavy atom. The maximum Gasteiger partial charge on any atom is 0.221 e. The second-order valence-corrected chi connectivity index (χ2v) is 6.49. The molecule has 1 amide bonds. The van der Waals surface area contributed by atoms with Gasteiger partial charge in [0.25, 0.3) is 0 Å². The molecule has 0 atom stereocenters. The maximum absolute atomic E-state index is 11.0. The molecule has 128 valence electrons. The van der Waals surface area contributed by atoms with Crippen molar-refractivity contribution in [1.29, 1.82) is 0 Å². The van der Waals surface area contributed by atoms with Gasteiger partial charge in [0.05, 0.1) is 16.4 Å². The number of oxime groups is 1. The fourth-order valence-corrected chi connectivity index (χ4v) is 2.93. The largest absolute Gasteiger partial charge is 0.389 e. The van der Waals surface area contributed by atoms with Crippen molar-refractivity contribution in [1.82, 2.24) is 4.98 Å². The zero-order chi connectivity index (χ0) is 17.4. The average Bonchev–Trinajstić information content (AvgIpc) is 3.00. The van der Waals surface area contributed by atoms with E-state index in [0.717, 1.165) is 34.1 Å². The quantitative estimate of drug-likeness (QED) is 0.570. The lowest BCUT2D eigenvalue weighted by atomic mass is 10.1. The van der Waals surface area contributed by atoms with Crippen molar-refractivity contribution in [2.45, 2.75) is 46.6 Å². The van der Waals surface area contributed by atoms with Crippen LogP contribution in [0, 0.1) is 0 Å². The number of amides is 1. The molecule has 0 aliphatic carbocycles. The molecule has 1 aromatic carbocycles. The number of anilines is 1. The summed E-state index contributed by atoms with van der Waals surface area (Å²) in [6, 6.07) is 7.49. The zero-order valence-corrected chi connectivity index (χ0v) is 15.2. The van der Waals surface area contributed by atoms with Gasteiger partial charge in [0.2, 0.25) is 5.91 Å². The molecule has 0 saturated carbocycles. The minimum absolute atomic E-state index is 0.0851. The number of hydrogen-bond donors (Lipinski definition) is 1. The van der Waals surface area contributed by atoms with Crippen LogP contribution < -0.4 is 5.32 Å². The van der Waals surface area contributed by atoms with E-state index in [4.69, 9.17) is 4.84 Å². The predicted octanol–water partition coefficient (Wildman–Crippen LogP) is 4.38. The average molecular weight is 345 g/mol. The number of nitrogens with zero attached hydrogens (tertiary/aromatic N) is 2. The Balaban J connectivity index is 1.87. The van der Waals surface area contributed by atoms with E-state index in [9.17, 15) is 4.79 Å². The van der Waals surface area contributed by atoms with Crippen LogP contribution in [0.5, 0.6) is 0 Å². The maximum atomic E-state index is 11.0. The summed E-state index contributed by atoms with van der Waals surface area (Å²) in [6.45, 7) is 5.93. The van der Waals surface area contributed by atoms with Gasteiger partial charge < -0.3 is 10.2 Å². The van der Waals surface area contributed by atoms with Gasteiger partial charge in [0.15, 0.2) is 6.61 Å². The molecule has 2 aromatic rings. The minimum Gasteiger partial charge on any atom is -0.389 e. The fourth-order valence-electron chi connectivity index (χ4n) is 2.10. The third kappa shape index (κ3) is 5.77. The first kappa shape index (κ1) is 18.1. The van der Waals surface area contributed by atoms with E-state index < -0.39 is 0 Å². The summed E-state index contributed by atoms with van der Waals surface area (Å²) >= 11 is 1.68. The van der Waals surface area contributed by atoms with E-state index in [2.05, 4.69) is 22.4 Å². The Morgan fingerprint density at radius 3 is 2.71 bits per heavy atom. The molecule has 0 aliphatic rings. The SMILES string of the molecule is CCCCc1nc(CO/N=C(\C)c2ccc(NC(C)=O)cc2)cs1. The first-order valence-electron chi connectivity index (χ1n) is 8.06. The second-order valence-electron chi connectivity index (χ2n) is 5.54. The monoisotopic (exact) mass is 345 g/mol. The summed E-state index contributed by atoms with van der Waals surface area (Å²) in [6.07, 6.45) is 3.37. The van der Waals surface area contributed by atoms with Gasteiger partial charge in [-0.05, 0) is 37.5 Å². The molecule has 1 heterocycles. The van der Waals surface area contributed by atoms with Gasteiger partial charge in [-0.1, -0.05) is 30.6 Å². The van der Waals surface area contributed by atoms with Crippen molar-refractivity contribution >= 4 is 28.6 Å². The van der Waals surface area contributed by atoms with E-state index in [0.29, 0.717) is 6.61 Å². The van der Waals surface area contributed by atoms with E-state index in [1.165, 1.54) is 19.8 Å². The Morgan fingerprint density at radius 1 is 1.29 bits per heavy atom. The van der Waals surface area contributed by atoms with E-state index in [1.807, 2.05) is 36.6 Å². The summed E-state index contributed by atoms with van der Waals surface area (Å²) in [5.74, 6) is -0.0851. The molecule has 6 heteroatoms. The Hall–Kier alpha value is -2.21. The third-order valence-corrected chi connectivity index (χ3v) is 4.34. The summed E-state index contributed by atoms with van der Waals surface area (Å²) in [4.78, 5) is 21.0. The van der Waals surface area contributed by atoms with E-state index in [1.54, 1.807) is 11.3 Å². The summed E-state index contributed by atoms with van der Waals surface area (Å²) in [5, 5.41) is 10.1. The van der Waals surface area contributed by atoms with Crippen molar-refractivity contribution < 1.29 is 9.63 Å². The molecule has 0 radical (unpaired) electrons. The first-order chi connectivity index (χ1) is 11.6. The summed E-state index contributed by atoms with van der Waals surface area (Å²) in [7, 11) is 0. The number of rotatable bonds is 8. The number of unbranched alkanes of at least 4 members (excludes halogenated alkanes) is 1. The molecule has 24 heavy (non-hydrogen) atoms. The number of carbonyl (C=O) groups is 1. The van der Waals surface area contributed by atoms with E-state index in [-0.39, 0.29) is 5.91 Å². The van der Waals surface area contributed by atoms with Crippen molar-refractivity contribution in [3.8, 4) is 0 Å². The highest BCUT2D eigenvalue weighted by Gasteiger charge is 2.03. The lowest BCUT2D eigenvalue weighted by Gasteiger charge is -2.04. The molecule has 0 fully saturated rings. The molecular formula is C18H23N3O2S. The number of benzene rings is 1. The van der Waals surface area contributed by atoms with E-state index >= 15 is 0 Å². The van der Waals surface area contributed by atoms with Crippen LogP contribution >= 0.6 is 11.3 Å². The predicted molar refractivity (Wildman–Crippen MR) is 98.5 cm³/mol. The van der Waals surface area contributed by atoms with Gasteiger partial charge in [0.1, 0.15) is 0 Å². The normalized spacial score (nSPS) is 11.4. The van der Waals surface area contributed by atoms with Crippen LogP contribution in [0.2, 0.25) is 0 Å². The van der Waals surface area contributed by atoms with Crippen molar-refractivity contribution in [3.63, 3.8) is 0 Å². The van der Waals surface area contributed by atoms with Crippen LogP contribution in [0.3, 0.4) is 0 Å². The molecule has 0 unspecified atom stereocenters. The Bertz CT molecular complexity index is 693. The lowest BCUT2D eigenvalue weighted by Crippen LogP contribution is -2.06. The van der Waals surface area contributed by atoms with Crippen LogP contribution in [-0.4, -0.2) is 16.6 Å². The van der Waals surface area contributed by atoms with Crippen LogP contribution in [0.1, 0.15) is 49.9 Å². The molecule has 0 aliphatic heterocycles. The number of aromatic nitrogens is 1. The van der Waals surface area contributed by atoms with Gasteiger partial charge >= 0.3 is 0 Å². The van der Waals surface area contributed by atoms with Gasteiger partial charge in [-0.15, -0.1) is 11.3 Å². The molecule has 1 N–H and O–H groups in total. The number of carbonyl (C=O) groups excluding carboxylic acids is 1. The smallest absolute Gasteiger partial charge is 0.221 e. The van der Waals surface area contributed by atoms with Crippen LogP contribution in [-0.2, 0) is 22.7 Å². The Labute approximate surface area is 146 Å². The van der Waals surface area contributed by atoms with Gasteiger partial charge in [0, 0.05) is 18.0 Å². The number of hydrogen-bond acceptors (Lipinski definition) is 5. The van der Waals surface area contributed by atoms with Gasteiger partial charge in [-0.3, -0.25) is 4.79 Å². The molecule has 0 bridgehead atoms. The van der Waals surface area contributed by atoms with Crippen molar-refractivity contribution in [3.05, 3.63) is 45.9 Å². The van der Waals surface area contributed by atoms with Crippen molar-refractivity contribution in [2.24, 2.45) is 5.16 Å². The molecule has 1 aromatic heterocycles. The molecule has 5 nitrogen and oxygen atoms in total. The topological polar surface area (TPSA) is 63.6 Å². The molecule has 0 spiro atoms. The van der Waals surface area contributed by atoms with Crippen LogP contribution in [0.15, 0.2) is 34.8 Å².